The van der Waals surface area contributed by atoms with Crippen LogP contribution in [-0.2, 0) is 23.9 Å². The van der Waals surface area contributed by atoms with Crippen LogP contribution in [0.4, 0.5) is 5.69 Å². The number of halogens is 1. The van der Waals surface area contributed by atoms with E-state index in [1.807, 2.05) is 6.08 Å². The highest BCUT2D eigenvalue weighted by atomic mass is 35.5. The Hall–Kier alpha value is -2.90. The fourth-order valence-electron chi connectivity index (χ4n) is 4.21. The number of fused-ring (bicyclic) bond motifs is 2. The molecule has 8 heteroatoms. The minimum atomic E-state index is -1.04. The molecule has 1 aliphatic carbocycles. The Kier molecular flexibility index (Phi) is 4.80. The summed E-state index contributed by atoms with van der Waals surface area (Å²) >= 11 is 6.06. The number of carboxylic acid groups (broad SMARTS) is 1. The van der Waals surface area contributed by atoms with Gasteiger partial charge in [0, 0.05) is 36.1 Å². The number of nitrogens with zero attached hydrogens (tertiary/aromatic N) is 1. The number of carbonyl (C=O) groups is 3. The molecule has 0 saturated heterocycles. The van der Waals surface area contributed by atoms with Crippen molar-refractivity contribution >= 4 is 40.6 Å². The Balaban J connectivity index is 1.77. The van der Waals surface area contributed by atoms with E-state index >= 15 is 0 Å². The largest absolute Gasteiger partial charge is 0.478 e. The van der Waals surface area contributed by atoms with Crippen molar-refractivity contribution < 1.29 is 29.0 Å². The highest BCUT2D eigenvalue weighted by Gasteiger charge is 2.44. The third-order valence-electron chi connectivity index (χ3n) is 5.48. The van der Waals surface area contributed by atoms with Gasteiger partial charge in [0.05, 0.1) is 23.4 Å². The number of ether oxygens (including phenoxy) is 2. The second-order valence-electron chi connectivity index (χ2n) is 7.07. The maximum atomic E-state index is 13.0. The third-order valence-corrected chi connectivity index (χ3v) is 5.71. The van der Waals surface area contributed by atoms with Crippen molar-refractivity contribution in [3.63, 3.8) is 0 Å². The summed E-state index contributed by atoms with van der Waals surface area (Å²) in [5.41, 5.74) is 2.29. The van der Waals surface area contributed by atoms with Crippen molar-refractivity contribution in [3.05, 3.63) is 58.3 Å². The lowest BCUT2D eigenvalue weighted by atomic mass is 9.83. The molecule has 2 unspecified atom stereocenters. The second-order valence-corrected chi connectivity index (χ2v) is 7.51. The maximum Gasteiger partial charge on any atom is 0.335 e. The Morgan fingerprint density at radius 1 is 1.38 bits per heavy atom. The van der Waals surface area contributed by atoms with Gasteiger partial charge in [0.25, 0.3) is 5.91 Å². The zero-order chi connectivity index (χ0) is 20.9. The van der Waals surface area contributed by atoms with Gasteiger partial charge in [-0.25, -0.2) is 9.69 Å². The lowest BCUT2D eigenvalue weighted by molar-refractivity contribution is -0.143. The molecule has 7 nitrogen and oxygen atoms in total. The monoisotopic (exact) mass is 415 g/mol. The van der Waals surface area contributed by atoms with Crippen molar-refractivity contribution in [2.45, 2.75) is 19.6 Å². The first-order valence-corrected chi connectivity index (χ1v) is 9.39. The molecule has 0 saturated carbocycles. The molecule has 2 amide bonds. The summed E-state index contributed by atoms with van der Waals surface area (Å²) in [5, 5.41) is 9.89. The third kappa shape index (κ3) is 3.07. The second kappa shape index (κ2) is 7.17. The van der Waals surface area contributed by atoms with Crippen molar-refractivity contribution in [1.29, 1.82) is 0 Å². The summed E-state index contributed by atoms with van der Waals surface area (Å²) in [4.78, 5) is 37.7. The van der Waals surface area contributed by atoms with Crippen LogP contribution in [-0.4, -0.2) is 36.3 Å². The SMILES string of the molecule is CO[C@@H]1OC=C(C(=O)O)C2CC=C(/C=C3/C(=O)N(C(C)=O)c4cc(Cl)ccc43)C21. The van der Waals surface area contributed by atoms with E-state index in [0.29, 0.717) is 28.3 Å². The van der Waals surface area contributed by atoms with Crippen LogP contribution < -0.4 is 4.90 Å². The molecular weight excluding hydrogens is 398 g/mol. The average molecular weight is 416 g/mol. The molecule has 0 aromatic heterocycles. The van der Waals surface area contributed by atoms with Crippen LogP contribution in [0.3, 0.4) is 0 Å². The smallest absolute Gasteiger partial charge is 0.335 e. The number of methoxy groups -OCH3 is 1. The van der Waals surface area contributed by atoms with Crippen LogP contribution in [0.1, 0.15) is 18.9 Å². The van der Waals surface area contributed by atoms with E-state index in [9.17, 15) is 19.5 Å². The molecule has 1 N–H and O–H groups in total. The molecule has 4 rings (SSSR count). The number of anilines is 1. The van der Waals surface area contributed by atoms with E-state index in [1.54, 1.807) is 24.3 Å². The van der Waals surface area contributed by atoms with Gasteiger partial charge < -0.3 is 14.6 Å². The Morgan fingerprint density at radius 3 is 2.79 bits per heavy atom. The Labute approximate surface area is 171 Å². The van der Waals surface area contributed by atoms with Crippen molar-refractivity contribution in [2.75, 3.05) is 12.0 Å². The van der Waals surface area contributed by atoms with Gasteiger partial charge in [-0.3, -0.25) is 9.59 Å². The Bertz CT molecular complexity index is 1020. The molecule has 3 atom stereocenters. The minimum absolute atomic E-state index is 0.170. The molecule has 0 bridgehead atoms. The average Bonchev–Trinajstić information content (AvgIpc) is 3.20. The molecule has 3 aliphatic rings. The molecule has 1 aromatic carbocycles. The molecule has 150 valence electrons. The van der Waals surface area contributed by atoms with E-state index in [4.69, 9.17) is 21.1 Å². The van der Waals surface area contributed by atoms with Crippen molar-refractivity contribution in [3.8, 4) is 0 Å². The van der Waals surface area contributed by atoms with E-state index in [0.717, 1.165) is 10.5 Å². The number of amides is 2. The topological polar surface area (TPSA) is 93.1 Å². The number of carbonyl (C=O) groups excluding carboxylic acids is 2. The number of hydrogen-bond donors (Lipinski definition) is 1. The van der Waals surface area contributed by atoms with Crippen LogP contribution in [0.15, 0.2) is 47.8 Å². The van der Waals surface area contributed by atoms with Gasteiger partial charge in [-0.2, -0.15) is 0 Å². The van der Waals surface area contributed by atoms with Gasteiger partial charge in [0.15, 0.2) is 0 Å². The van der Waals surface area contributed by atoms with Gasteiger partial charge in [-0.15, -0.1) is 0 Å². The normalized spacial score (nSPS) is 26.6. The van der Waals surface area contributed by atoms with Gasteiger partial charge in [-0.1, -0.05) is 23.7 Å². The van der Waals surface area contributed by atoms with Crippen LogP contribution in [0, 0.1) is 11.8 Å². The molecule has 0 radical (unpaired) electrons. The van der Waals surface area contributed by atoms with E-state index in [2.05, 4.69) is 0 Å². The van der Waals surface area contributed by atoms with Gasteiger partial charge in [0.2, 0.25) is 12.2 Å². The number of rotatable bonds is 3. The van der Waals surface area contributed by atoms with Gasteiger partial charge in [0.1, 0.15) is 0 Å². The predicted octanol–water partition coefficient (Wildman–Crippen LogP) is 3.15. The molecule has 2 aliphatic heterocycles. The summed E-state index contributed by atoms with van der Waals surface area (Å²) in [6.07, 6.45) is 4.64. The lowest BCUT2D eigenvalue weighted by Gasteiger charge is -2.33. The summed E-state index contributed by atoms with van der Waals surface area (Å²) in [5.74, 6) is -2.59. The molecule has 1 aromatic rings. The Morgan fingerprint density at radius 2 is 2.14 bits per heavy atom. The van der Waals surface area contributed by atoms with Crippen LogP contribution in [0.25, 0.3) is 5.57 Å². The number of benzene rings is 1. The molecular formula is C21H18ClNO6. The van der Waals surface area contributed by atoms with E-state index in [1.165, 1.54) is 20.3 Å². The molecule has 2 heterocycles. The fourth-order valence-corrected chi connectivity index (χ4v) is 4.37. The van der Waals surface area contributed by atoms with Crippen LogP contribution in [0.2, 0.25) is 5.02 Å². The lowest BCUT2D eigenvalue weighted by Crippen LogP contribution is -2.36. The summed E-state index contributed by atoms with van der Waals surface area (Å²) in [7, 11) is 1.49. The van der Waals surface area contributed by atoms with E-state index in [-0.39, 0.29) is 17.4 Å². The zero-order valence-corrected chi connectivity index (χ0v) is 16.5. The molecule has 0 fully saturated rings. The summed E-state index contributed by atoms with van der Waals surface area (Å²) < 4.78 is 10.9. The molecule has 29 heavy (non-hydrogen) atoms. The highest BCUT2D eigenvalue weighted by Crippen LogP contribution is 2.46. The number of hydrogen-bond acceptors (Lipinski definition) is 5. The maximum absolute atomic E-state index is 13.0. The summed E-state index contributed by atoms with van der Waals surface area (Å²) in [6, 6.07) is 4.94. The van der Waals surface area contributed by atoms with Crippen LogP contribution >= 0.6 is 11.6 Å². The number of allylic oxidation sites excluding steroid dienone is 2. The van der Waals surface area contributed by atoms with Crippen LogP contribution in [0.5, 0.6) is 0 Å². The van der Waals surface area contributed by atoms with Crippen molar-refractivity contribution in [1.82, 2.24) is 0 Å². The van der Waals surface area contributed by atoms with Gasteiger partial charge >= 0.3 is 5.97 Å². The summed E-state index contributed by atoms with van der Waals surface area (Å²) in [6.45, 7) is 1.32. The minimum Gasteiger partial charge on any atom is -0.478 e. The first-order chi connectivity index (χ1) is 13.8. The predicted molar refractivity (Wildman–Crippen MR) is 105 cm³/mol. The van der Waals surface area contributed by atoms with E-state index < -0.39 is 24.1 Å². The highest BCUT2D eigenvalue weighted by molar-refractivity contribution is 6.40. The number of imide groups is 1. The zero-order valence-electron chi connectivity index (χ0n) is 15.7. The number of aliphatic carboxylic acids is 1. The quantitative estimate of drug-likeness (QED) is 0.762. The first kappa shape index (κ1) is 19.4. The van der Waals surface area contributed by atoms with Gasteiger partial charge in [-0.05, 0) is 30.2 Å². The van der Waals surface area contributed by atoms with Crippen molar-refractivity contribution in [2.24, 2.45) is 11.8 Å². The fraction of sp³-hybridized carbons (Fsp3) is 0.286. The first-order valence-electron chi connectivity index (χ1n) is 9.01. The molecule has 0 spiro atoms. The standard InChI is InChI=1S/C21H18ClNO6/c1-10(24)23-17-8-12(22)4-6-13(17)15(19(23)25)7-11-3-5-14-16(20(26)27)9-29-21(28-2)18(11)14/h3-4,6-9,14,18,21H,5H2,1-2H3,(H,26,27)/b15-7+/t14?,18?,21-/m1/s1. The number of carboxylic acids is 1.